The lowest BCUT2D eigenvalue weighted by Gasteiger charge is -2.37. The minimum Gasteiger partial charge on any atom is -0.508 e. The molecule has 4 N–H and O–H groups in total. The number of esters is 1. The van der Waals surface area contributed by atoms with Gasteiger partial charge in [-0.1, -0.05) is 39.8 Å². The lowest BCUT2D eigenvalue weighted by Crippen LogP contribution is -2.62. The van der Waals surface area contributed by atoms with Gasteiger partial charge in [0.1, 0.15) is 23.9 Å². The molecule has 2 aromatic carbocycles. The normalized spacial score (nSPS) is 23.8. The number of hydrogen-bond donors (Lipinski definition) is 4. The van der Waals surface area contributed by atoms with Crippen molar-refractivity contribution in [2.24, 2.45) is 11.3 Å². The molecule has 16 nitrogen and oxygen atoms in total. The number of amides is 4. The number of methoxy groups -OCH3 is 1. The first-order valence-corrected chi connectivity index (χ1v) is 23.8. The highest BCUT2D eigenvalue weighted by molar-refractivity contribution is 5.97. The number of alkyl halides is 1. The van der Waals surface area contributed by atoms with Crippen LogP contribution in [0.15, 0.2) is 54.7 Å². The van der Waals surface area contributed by atoms with E-state index in [0.29, 0.717) is 43.5 Å². The maximum atomic E-state index is 16.5. The Balaban J connectivity index is 1.18. The Kier molecular flexibility index (Phi) is 13.7. The van der Waals surface area contributed by atoms with E-state index in [9.17, 15) is 29.1 Å². The molecule has 2 aromatic heterocycles. The molecular formula is C51H65FN8O8. The molecule has 17 heteroatoms. The van der Waals surface area contributed by atoms with E-state index in [2.05, 4.69) is 59.6 Å². The van der Waals surface area contributed by atoms with Crippen LogP contribution in [0.4, 0.5) is 4.39 Å². The van der Waals surface area contributed by atoms with Crippen LogP contribution in [0.2, 0.25) is 0 Å². The number of aromatic hydroxyl groups is 1. The highest BCUT2D eigenvalue weighted by Gasteiger charge is 2.51. The van der Waals surface area contributed by atoms with Gasteiger partial charge < -0.3 is 39.6 Å². The van der Waals surface area contributed by atoms with Crippen molar-refractivity contribution in [3.63, 3.8) is 0 Å². The summed E-state index contributed by atoms with van der Waals surface area (Å²) in [6.45, 7) is 12.8. The molecule has 4 aliphatic rings. The van der Waals surface area contributed by atoms with Crippen molar-refractivity contribution in [2.75, 3.05) is 46.9 Å². The number of nitrogens with zero attached hydrogens (tertiary/aromatic N) is 5. The molecule has 0 spiro atoms. The quantitative estimate of drug-likeness (QED) is 0.125. The minimum absolute atomic E-state index is 0.0506. The first kappa shape index (κ1) is 48.5. The molecule has 3 fully saturated rings. The molecule has 0 aliphatic carbocycles. The van der Waals surface area contributed by atoms with Crippen molar-refractivity contribution < 1.29 is 42.9 Å². The second-order valence-corrected chi connectivity index (χ2v) is 20.1. The van der Waals surface area contributed by atoms with Gasteiger partial charge in [-0.05, 0) is 97.7 Å². The number of aryl methyl sites for hydroxylation is 1. The number of nitrogens with one attached hydrogen (secondary N) is 3. The monoisotopic (exact) mass is 936 g/mol. The highest BCUT2D eigenvalue weighted by Crippen LogP contribution is 2.42. The number of hydrogen-bond acceptors (Lipinski definition) is 11. The average Bonchev–Trinajstić information content (AvgIpc) is 4.03. The van der Waals surface area contributed by atoms with Crippen LogP contribution in [0.5, 0.6) is 5.75 Å². The number of ether oxygens (including phenoxy) is 2. The lowest BCUT2D eigenvalue weighted by molar-refractivity contribution is -0.155. The summed E-state index contributed by atoms with van der Waals surface area (Å²) in [6, 6.07) is 11.5. The Labute approximate surface area is 396 Å². The van der Waals surface area contributed by atoms with Crippen molar-refractivity contribution in [3.05, 3.63) is 71.5 Å². The molecule has 364 valence electrons. The van der Waals surface area contributed by atoms with E-state index in [1.165, 1.54) is 17.0 Å². The zero-order chi connectivity index (χ0) is 48.8. The molecule has 4 amide bonds. The van der Waals surface area contributed by atoms with Gasteiger partial charge in [-0.15, -0.1) is 0 Å². The number of carbonyl (C=O) groups is 5. The summed E-state index contributed by atoms with van der Waals surface area (Å²) < 4.78 is 30.7. The van der Waals surface area contributed by atoms with Crippen LogP contribution in [0, 0.1) is 11.3 Å². The number of pyridine rings is 1. The fourth-order valence-corrected chi connectivity index (χ4v) is 10.3. The predicted octanol–water partition coefficient (Wildman–Crippen LogP) is 4.85. The second-order valence-electron chi connectivity index (χ2n) is 20.1. The third-order valence-corrected chi connectivity index (χ3v) is 13.9. The summed E-state index contributed by atoms with van der Waals surface area (Å²) in [5.74, 6) is -3.50. The number of rotatable bonds is 10. The first-order chi connectivity index (χ1) is 32.3. The smallest absolute Gasteiger partial charge is 0.324 e. The van der Waals surface area contributed by atoms with Crippen molar-refractivity contribution >= 4 is 40.5 Å². The van der Waals surface area contributed by atoms with Gasteiger partial charge in [0.2, 0.25) is 17.5 Å². The Hall–Kier alpha value is -5.91. The number of likely N-dealkylation sites (tertiary alicyclic amines) is 1. The number of phenolic OH excluding ortho intramolecular Hbond substituents is 1. The maximum Gasteiger partial charge on any atom is 0.324 e. The van der Waals surface area contributed by atoms with E-state index < -0.39 is 65.4 Å². The van der Waals surface area contributed by atoms with Gasteiger partial charge >= 0.3 is 5.97 Å². The number of halogens is 1. The van der Waals surface area contributed by atoms with Crippen LogP contribution in [0.1, 0.15) is 83.7 Å². The number of phenols is 1. The van der Waals surface area contributed by atoms with Crippen LogP contribution in [-0.4, -0.2) is 136 Å². The zero-order valence-electron chi connectivity index (χ0n) is 40.4. The molecule has 6 bridgehead atoms. The van der Waals surface area contributed by atoms with Gasteiger partial charge in [0.15, 0.2) is 0 Å². The number of cyclic esters (lactones) is 1. The van der Waals surface area contributed by atoms with Gasteiger partial charge in [-0.3, -0.25) is 34.0 Å². The third-order valence-electron chi connectivity index (χ3n) is 13.9. The summed E-state index contributed by atoms with van der Waals surface area (Å²) in [5.41, 5.74) is 6.85. The highest BCUT2D eigenvalue weighted by atomic mass is 19.1. The molecule has 68 heavy (non-hydrogen) atoms. The van der Waals surface area contributed by atoms with Gasteiger partial charge in [-0.2, -0.15) is 0 Å². The number of hydrazine groups is 1. The summed E-state index contributed by atoms with van der Waals surface area (Å²) in [6.07, 6.45) is 2.57. The minimum atomic E-state index is -2.40. The third kappa shape index (κ3) is 9.70. The number of benzene rings is 2. The molecular weight excluding hydrogens is 872 g/mol. The Morgan fingerprint density at radius 3 is 2.56 bits per heavy atom. The molecule has 0 radical (unpaired) electrons. The Morgan fingerprint density at radius 2 is 1.85 bits per heavy atom. The van der Waals surface area contributed by atoms with Crippen LogP contribution < -0.4 is 16.1 Å². The molecule has 6 heterocycles. The number of carbonyl (C=O) groups excluding carboxylic acids is 5. The largest absolute Gasteiger partial charge is 0.508 e. The van der Waals surface area contributed by atoms with Gasteiger partial charge in [0.25, 0.3) is 11.8 Å². The molecule has 3 saturated heterocycles. The van der Waals surface area contributed by atoms with Crippen LogP contribution >= 0.6 is 0 Å². The molecule has 4 aromatic rings. The average molecular weight is 937 g/mol. The molecule has 4 aliphatic heterocycles. The fourth-order valence-electron chi connectivity index (χ4n) is 10.3. The van der Waals surface area contributed by atoms with Gasteiger partial charge in [0.05, 0.1) is 36.7 Å². The van der Waals surface area contributed by atoms with Crippen molar-refractivity contribution in [1.29, 1.82) is 0 Å². The molecule has 0 saturated carbocycles. The van der Waals surface area contributed by atoms with Crippen LogP contribution in [0.3, 0.4) is 0 Å². The summed E-state index contributed by atoms with van der Waals surface area (Å²) in [7, 11) is 3.03. The lowest BCUT2D eigenvalue weighted by atomic mass is 9.84. The van der Waals surface area contributed by atoms with Crippen molar-refractivity contribution in [3.8, 4) is 28.1 Å². The summed E-state index contributed by atoms with van der Waals surface area (Å²) >= 11 is 0. The van der Waals surface area contributed by atoms with E-state index >= 15 is 4.39 Å². The van der Waals surface area contributed by atoms with Gasteiger partial charge in [-0.25, -0.2) is 9.82 Å². The number of fused-ring (bicyclic) bond motifs is 6. The fraction of sp³-hybridized carbons (Fsp3) is 0.529. The van der Waals surface area contributed by atoms with Crippen LogP contribution in [-0.2, 0) is 52.8 Å². The first-order valence-electron chi connectivity index (χ1n) is 23.8. The number of aromatic nitrogens is 2. The second kappa shape index (κ2) is 19.2. The molecule has 0 unspecified atom stereocenters. The standard InChI is InChI=1S/C51H65FN8O8/c1-9-59-41-15-14-32-24-36(41)37(44(59)35-12-10-17-53-42(35)30(4)67-8)25-50(5,6)28-68-48(65)38-13-11-18-60(56-38)47(64)39(22-31-20-33(32)23-34(61)21-31)55-45(62)43(29(2)3)57(7)49(66)51(52)16-19-58(27-51)46(63)40-26-54-40/h10,12,14-15,17,20-21,23-24,29-30,38-40,43,54,56,61H,9,11,13,16,18-19,22,25-28H2,1-8H3,(H,55,62)/t30-,38-,39-,40-,43-,51+/m0/s1. The van der Waals surface area contributed by atoms with E-state index in [4.69, 9.17) is 14.5 Å². The molecule has 8 rings (SSSR count). The number of likely N-dealkylation sites (N-methyl/N-ethyl adjacent to an activating group) is 1. The van der Waals surface area contributed by atoms with Crippen molar-refractivity contribution in [1.82, 2.24) is 40.4 Å². The Bertz CT molecular complexity index is 2610. The van der Waals surface area contributed by atoms with Gasteiger partial charge in [0, 0.05) is 81.3 Å². The molecule has 6 atom stereocenters. The van der Waals surface area contributed by atoms with E-state index in [0.717, 1.165) is 43.9 Å². The van der Waals surface area contributed by atoms with Crippen LogP contribution in [0.25, 0.3) is 33.3 Å². The van der Waals surface area contributed by atoms with E-state index in [1.807, 2.05) is 25.1 Å². The maximum absolute atomic E-state index is 16.5. The Morgan fingerprint density at radius 1 is 1.09 bits per heavy atom. The SMILES string of the molecule is CCn1c(-c2cccnc2[C@H](C)OC)c2c3cc(ccc31)-c1cc(O)cc(c1)C[C@H](NC(=O)[C@H](C(C)C)N(C)C(=O)[C@@]1(F)CCN(C(=O)[C@@H]3CN3)C1)C(=O)N1CCC[C@H](N1)C(=O)OCC(C)(C)C2. The van der Waals surface area contributed by atoms with E-state index in [-0.39, 0.29) is 56.3 Å². The van der Waals surface area contributed by atoms with Crippen molar-refractivity contribution in [2.45, 2.75) is 116 Å². The topological polar surface area (TPSA) is 198 Å². The zero-order valence-corrected chi connectivity index (χ0v) is 40.4. The van der Waals surface area contributed by atoms with E-state index in [1.54, 1.807) is 39.3 Å². The summed E-state index contributed by atoms with van der Waals surface area (Å²) in [4.78, 5) is 77.1. The predicted molar refractivity (Wildman–Crippen MR) is 254 cm³/mol. The summed E-state index contributed by atoms with van der Waals surface area (Å²) in [5, 5.41) is 19.5.